The molecular weight excluding hydrogens is 469 g/mol. The maximum absolute atomic E-state index is 14.2. The Hall–Kier alpha value is -1.15. The van der Waals surface area contributed by atoms with Crippen molar-refractivity contribution in [1.29, 1.82) is 0 Å². The molecule has 0 amide bonds. The lowest BCUT2D eigenvalue weighted by atomic mass is 9.86. The number of ether oxygens (including phenoxy) is 1. The molecule has 0 aromatic heterocycles. The zero-order valence-corrected chi connectivity index (χ0v) is 18.8. The Morgan fingerprint density at radius 2 is 1.93 bits per heavy atom. The van der Waals surface area contributed by atoms with Crippen LogP contribution in [-0.2, 0) is 22.0 Å². The van der Waals surface area contributed by atoms with Crippen molar-refractivity contribution >= 4 is 37.6 Å². The van der Waals surface area contributed by atoms with E-state index in [-0.39, 0.29) is 11.1 Å². The highest BCUT2D eigenvalue weighted by atomic mass is 79.9. The number of hydrogen-bond acceptors (Lipinski definition) is 3. The molecule has 1 fully saturated rings. The lowest BCUT2D eigenvalue weighted by molar-refractivity contribution is 0.0831. The Morgan fingerprint density at radius 3 is 2.54 bits per heavy atom. The van der Waals surface area contributed by atoms with Gasteiger partial charge in [0, 0.05) is 29.1 Å². The van der Waals surface area contributed by atoms with Gasteiger partial charge in [-0.15, -0.1) is 0 Å². The molecule has 3 atom stereocenters. The van der Waals surface area contributed by atoms with E-state index < -0.39 is 26.2 Å². The first-order valence-corrected chi connectivity index (χ1v) is 11.5. The van der Waals surface area contributed by atoms with E-state index in [1.54, 1.807) is 20.8 Å². The van der Waals surface area contributed by atoms with Crippen LogP contribution in [0.3, 0.4) is 0 Å². The number of benzene rings is 2. The van der Waals surface area contributed by atoms with E-state index in [0.717, 1.165) is 11.1 Å². The summed E-state index contributed by atoms with van der Waals surface area (Å²) in [6.45, 7) is 5.41. The van der Waals surface area contributed by atoms with Crippen LogP contribution in [0.2, 0.25) is 5.02 Å². The minimum atomic E-state index is -3.51. The monoisotopic (exact) mass is 487 g/mol. The lowest BCUT2D eigenvalue weighted by Crippen LogP contribution is -2.43. The molecule has 0 saturated carbocycles. The highest BCUT2D eigenvalue weighted by molar-refractivity contribution is 9.10. The third-order valence-electron chi connectivity index (χ3n) is 5.40. The van der Waals surface area contributed by atoms with Crippen molar-refractivity contribution in [3.63, 3.8) is 0 Å². The molecule has 4 nitrogen and oxygen atoms in total. The summed E-state index contributed by atoms with van der Waals surface area (Å²) in [5.74, 6) is -0.191. The number of hydrogen-bond donors (Lipinski definition) is 0. The van der Waals surface area contributed by atoms with Gasteiger partial charge in [0.2, 0.25) is 10.0 Å². The summed E-state index contributed by atoms with van der Waals surface area (Å²) in [6.07, 6.45) is 0.397. The molecule has 0 radical (unpaired) electrons. The molecule has 2 heterocycles. The van der Waals surface area contributed by atoms with Gasteiger partial charge in [-0.05, 0) is 42.3 Å². The third-order valence-corrected chi connectivity index (χ3v) is 9.45. The molecule has 0 N–H and O–H groups in total. The standard InChI is InChI=1S/C20H20BrClFNO3S/c1-19(2,3)28(25,26)24-11-16(24)20(12-7-5-4-6-8-12)10-13-15(27-20)9-14(23)18(22)17(13)21/h4-9,16H,10-11H2,1-3H3/t16?,20-,24?/m0/s1. The predicted octanol–water partition coefficient (Wildman–Crippen LogP) is 4.88. The molecule has 4 rings (SSSR count). The minimum absolute atomic E-state index is 0.00109. The first kappa shape index (κ1) is 20.1. The van der Waals surface area contributed by atoms with Gasteiger partial charge in [-0.1, -0.05) is 41.9 Å². The number of sulfonamides is 1. The van der Waals surface area contributed by atoms with Crippen molar-refractivity contribution in [1.82, 2.24) is 4.31 Å². The van der Waals surface area contributed by atoms with Crippen LogP contribution in [0.15, 0.2) is 40.9 Å². The number of halogens is 3. The molecule has 0 bridgehead atoms. The van der Waals surface area contributed by atoms with Crippen molar-refractivity contribution in [2.75, 3.05) is 6.54 Å². The summed E-state index contributed by atoms with van der Waals surface area (Å²) >= 11 is 9.45. The fourth-order valence-electron chi connectivity index (χ4n) is 3.74. The molecule has 8 heteroatoms. The summed E-state index contributed by atoms with van der Waals surface area (Å²) in [7, 11) is -3.51. The first-order chi connectivity index (χ1) is 13.0. The van der Waals surface area contributed by atoms with Gasteiger partial charge in [0.15, 0.2) is 5.60 Å². The Morgan fingerprint density at radius 1 is 1.29 bits per heavy atom. The summed E-state index contributed by atoms with van der Waals surface area (Å²) in [6, 6.07) is 10.4. The van der Waals surface area contributed by atoms with Crippen LogP contribution in [0.1, 0.15) is 31.9 Å². The summed E-state index contributed by atoms with van der Waals surface area (Å²) in [5.41, 5.74) is 0.670. The van der Waals surface area contributed by atoms with Crippen LogP contribution in [0.4, 0.5) is 4.39 Å². The van der Waals surface area contributed by atoms with E-state index in [0.29, 0.717) is 23.2 Å². The van der Waals surface area contributed by atoms with Crippen molar-refractivity contribution in [2.24, 2.45) is 0 Å². The quantitative estimate of drug-likeness (QED) is 0.457. The molecule has 150 valence electrons. The van der Waals surface area contributed by atoms with E-state index in [1.165, 1.54) is 10.4 Å². The highest BCUT2D eigenvalue weighted by Crippen LogP contribution is 2.53. The van der Waals surface area contributed by atoms with Gasteiger partial charge >= 0.3 is 0 Å². The highest BCUT2D eigenvalue weighted by Gasteiger charge is 2.63. The van der Waals surface area contributed by atoms with Gasteiger partial charge in [0.1, 0.15) is 11.6 Å². The molecule has 2 aromatic carbocycles. The Labute approximate surface area is 177 Å². The van der Waals surface area contributed by atoms with Crippen LogP contribution in [-0.4, -0.2) is 30.1 Å². The summed E-state index contributed by atoms with van der Waals surface area (Å²) in [5, 5.41) is 0.00109. The van der Waals surface area contributed by atoms with Crippen molar-refractivity contribution in [3.8, 4) is 5.75 Å². The molecule has 0 aliphatic carbocycles. The topological polar surface area (TPSA) is 46.4 Å². The molecule has 2 aromatic rings. The first-order valence-electron chi connectivity index (χ1n) is 8.91. The maximum atomic E-state index is 14.2. The van der Waals surface area contributed by atoms with E-state index >= 15 is 0 Å². The van der Waals surface area contributed by atoms with Crippen LogP contribution in [0.5, 0.6) is 5.75 Å². The van der Waals surface area contributed by atoms with Crippen LogP contribution < -0.4 is 4.74 Å². The second kappa shape index (κ2) is 6.42. The smallest absolute Gasteiger partial charge is 0.219 e. The Balaban J connectivity index is 1.81. The van der Waals surface area contributed by atoms with Gasteiger partial charge in [-0.2, -0.15) is 4.31 Å². The second-order valence-corrected chi connectivity index (χ2v) is 12.0. The molecular formula is C20H20BrClFNO3S. The minimum Gasteiger partial charge on any atom is -0.480 e. The van der Waals surface area contributed by atoms with Crippen LogP contribution in [0, 0.1) is 5.82 Å². The van der Waals surface area contributed by atoms with Gasteiger partial charge in [-0.25, -0.2) is 12.8 Å². The normalized spacial score (nSPS) is 26.6. The van der Waals surface area contributed by atoms with Crippen molar-refractivity contribution in [2.45, 2.75) is 43.6 Å². The average molecular weight is 489 g/mol. The SMILES string of the molecule is CC(C)(C)S(=O)(=O)N1CC1[C@@]1(c2ccccc2)Cc2c(cc(F)c(Cl)c2Br)O1. The van der Waals surface area contributed by atoms with Gasteiger partial charge < -0.3 is 4.74 Å². The van der Waals surface area contributed by atoms with Crippen LogP contribution in [0.25, 0.3) is 0 Å². The Bertz CT molecular complexity index is 1060. The van der Waals surface area contributed by atoms with E-state index in [9.17, 15) is 12.8 Å². The van der Waals surface area contributed by atoms with Crippen LogP contribution >= 0.6 is 27.5 Å². The van der Waals surface area contributed by atoms with Crippen molar-refractivity contribution < 1.29 is 17.5 Å². The van der Waals surface area contributed by atoms with E-state index in [2.05, 4.69) is 15.9 Å². The maximum Gasteiger partial charge on any atom is 0.219 e. The number of rotatable bonds is 3. The van der Waals surface area contributed by atoms with Gasteiger partial charge in [0.05, 0.1) is 15.8 Å². The molecule has 2 aliphatic heterocycles. The second-order valence-electron chi connectivity index (χ2n) is 8.20. The van der Waals surface area contributed by atoms with E-state index in [1.807, 2.05) is 30.3 Å². The zero-order chi connectivity index (χ0) is 20.5. The van der Waals surface area contributed by atoms with E-state index in [4.69, 9.17) is 16.3 Å². The fourth-order valence-corrected chi connectivity index (χ4v) is 5.98. The fraction of sp³-hybridized carbons (Fsp3) is 0.400. The van der Waals surface area contributed by atoms with Gasteiger partial charge in [0.25, 0.3) is 0 Å². The number of fused-ring (bicyclic) bond motifs is 1. The lowest BCUT2D eigenvalue weighted by Gasteiger charge is -2.31. The predicted molar refractivity (Wildman–Crippen MR) is 111 cm³/mol. The zero-order valence-electron chi connectivity index (χ0n) is 15.7. The molecule has 28 heavy (non-hydrogen) atoms. The molecule has 2 aliphatic rings. The number of nitrogens with zero attached hydrogens (tertiary/aromatic N) is 1. The average Bonchev–Trinajstić information content (AvgIpc) is 3.36. The third kappa shape index (κ3) is 2.90. The Kier molecular flexibility index (Phi) is 4.62. The molecule has 2 unspecified atom stereocenters. The summed E-state index contributed by atoms with van der Waals surface area (Å²) in [4.78, 5) is 0. The largest absolute Gasteiger partial charge is 0.480 e. The summed E-state index contributed by atoms with van der Waals surface area (Å²) < 4.78 is 47.5. The molecule has 1 saturated heterocycles. The van der Waals surface area contributed by atoms with Crippen molar-refractivity contribution in [3.05, 3.63) is 62.8 Å². The van der Waals surface area contributed by atoms with Gasteiger partial charge in [-0.3, -0.25) is 0 Å². The molecule has 0 spiro atoms.